The molecule has 0 atom stereocenters. The monoisotopic (exact) mass is 381 g/mol. The SMILES string of the molecule is O=C(Nc1ccccc1Cl)c1ccnc(NCc2ccc3c(c2)OCO3)c1. The normalized spacial score (nSPS) is 11.9. The zero-order chi connectivity index (χ0) is 18.6. The van der Waals surface area contributed by atoms with Crippen molar-refractivity contribution >= 4 is 29.0 Å². The Morgan fingerprint density at radius 2 is 1.93 bits per heavy atom. The van der Waals surface area contributed by atoms with Crippen LogP contribution in [0.1, 0.15) is 15.9 Å². The molecule has 2 N–H and O–H groups in total. The molecule has 0 saturated heterocycles. The van der Waals surface area contributed by atoms with Gasteiger partial charge in [-0.1, -0.05) is 29.8 Å². The summed E-state index contributed by atoms with van der Waals surface area (Å²) >= 11 is 6.09. The number of ether oxygens (including phenoxy) is 2. The van der Waals surface area contributed by atoms with E-state index in [0.717, 1.165) is 17.1 Å². The van der Waals surface area contributed by atoms with E-state index >= 15 is 0 Å². The fourth-order valence-corrected chi connectivity index (χ4v) is 2.85. The van der Waals surface area contributed by atoms with Crippen molar-refractivity contribution < 1.29 is 14.3 Å². The summed E-state index contributed by atoms with van der Waals surface area (Å²) in [6.07, 6.45) is 1.59. The number of pyridine rings is 1. The van der Waals surface area contributed by atoms with E-state index in [0.29, 0.717) is 28.6 Å². The average molecular weight is 382 g/mol. The molecule has 2 aromatic carbocycles. The smallest absolute Gasteiger partial charge is 0.255 e. The maximum Gasteiger partial charge on any atom is 0.255 e. The van der Waals surface area contributed by atoms with E-state index in [-0.39, 0.29) is 12.7 Å². The zero-order valence-corrected chi connectivity index (χ0v) is 15.0. The van der Waals surface area contributed by atoms with Crippen LogP contribution in [0.25, 0.3) is 0 Å². The summed E-state index contributed by atoms with van der Waals surface area (Å²) in [4.78, 5) is 16.7. The number of benzene rings is 2. The van der Waals surface area contributed by atoms with Gasteiger partial charge in [0, 0.05) is 18.3 Å². The fourth-order valence-electron chi connectivity index (χ4n) is 2.67. The maximum atomic E-state index is 12.5. The third kappa shape index (κ3) is 3.96. The molecule has 4 rings (SSSR count). The van der Waals surface area contributed by atoms with Gasteiger partial charge in [0.15, 0.2) is 11.5 Å². The first-order valence-corrected chi connectivity index (χ1v) is 8.71. The molecule has 0 aliphatic carbocycles. The minimum absolute atomic E-state index is 0.246. The molecule has 7 heteroatoms. The van der Waals surface area contributed by atoms with Gasteiger partial charge < -0.3 is 20.1 Å². The maximum absolute atomic E-state index is 12.5. The summed E-state index contributed by atoms with van der Waals surface area (Å²) in [5.41, 5.74) is 2.07. The van der Waals surface area contributed by atoms with E-state index in [1.54, 1.807) is 30.5 Å². The molecule has 27 heavy (non-hydrogen) atoms. The Hall–Kier alpha value is -3.25. The van der Waals surface area contributed by atoms with Crippen molar-refractivity contribution in [2.45, 2.75) is 6.54 Å². The molecule has 0 spiro atoms. The third-order valence-electron chi connectivity index (χ3n) is 4.05. The minimum atomic E-state index is -0.253. The Bertz CT molecular complexity index is 994. The van der Waals surface area contributed by atoms with E-state index in [1.165, 1.54) is 0 Å². The largest absolute Gasteiger partial charge is 0.454 e. The molecule has 0 unspecified atom stereocenters. The summed E-state index contributed by atoms with van der Waals surface area (Å²) in [7, 11) is 0. The van der Waals surface area contributed by atoms with Crippen LogP contribution in [0.3, 0.4) is 0 Å². The number of rotatable bonds is 5. The molecular weight excluding hydrogens is 366 g/mol. The number of carbonyl (C=O) groups is 1. The van der Waals surface area contributed by atoms with E-state index in [9.17, 15) is 4.79 Å². The van der Waals surface area contributed by atoms with Crippen LogP contribution in [0.4, 0.5) is 11.5 Å². The van der Waals surface area contributed by atoms with Crippen molar-refractivity contribution in [3.05, 3.63) is 76.9 Å². The summed E-state index contributed by atoms with van der Waals surface area (Å²) < 4.78 is 10.7. The van der Waals surface area contributed by atoms with Gasteiger partial charge in [-0.15, -0.1) is 0 Å². The van der Waals surface area contributed by atoms with E-state index in [4.69, 9.17) is 21.1 Å². The Morgan fingerprint density at radius 1 is 1.07 bits per heavy atom. The first-order valence-electron chi connectivity index (χ1n) is 8.33. The molecule has 136 valence electrons. The second-order valence-electron chi connectivity index (χ2n) is 5.90. The van der Waals surface area contributed by atoms with Crippen LogP contribution in [0.5, 0.6) is 11.5 Å². The van der Waals surface area contributed by atoms with Crippen LogP contribution in [0, 0.1) is 0 Å². The second kappa shape index (κ2) is 7.55. The summed E-state index contributed by atoms with van der Waals surface area (Å²) in [5, 5.41) is 6.50. The molecule has 0 radical (unpaired) electrons. The van der Waals surface area contributed by atoms with Crippen LogP contribution < -0.4 is 20.1 Å². The lowest BCUT2D eigenvalue weighted by atomic mass is 10.2. The number of halogens is 1. The van der Waals surface area contributed by atoms with Crippen LogP contribution in [0.15, 0.2) is 60.8 Å². The predicted octanol–water partition coefficient (Wildman–Crippen LogP) is 4.33. The topological polar surface area (TPSA) is 72.5 Å². The predicted molar refractivity (Wildman–Crippen MR) is 104 cm³/mol. The highest BCUT2D eigenvalue weighted by atomic mass is 35.5. The van der Waals surface area contributed by atoms with Gasteiger partial charge in [0.2, 0.25) is 6.79 Å². The van der Waals surface area contributed by atoms with Crippen molar-refractivity contribution in [1.82, 2.24) is 4.98 Å². The number of nitrogens with one attached hydrogen (secondary N) is 2. The molecule has 0 saturated carbocycles. The lowest BCUT2D eigenvalue weighted by molar-refractivity contribution is 0.102. The third-order valence-corrected chi connectivity index (χ3v) is 4.38. The number of carbonyl (C=O) groups excluding carboxylic acids is 1. The van der Waals surface area contributed by atoms with Gasteiger partial charge in [0.1, 0.15) is 5.82 Å². The molecule has 2 heterocycles. The summed E-state index contributed by atoms with van der Waals surface area (Å²) in [5.74, 6) is 1.82. The first kappa shape index (κ1) is 17.2. The fraction of sp³-hybridized carbons (Fsp3) is 0.100. The second-order valence-corrected chi connectivity index (χ2v) is 6.31. The average Bonchev–Trinajstić information content (AvgIpc) is 3.16. The number of anilines is 2. The number of aromatic nitrogens is 1. The Labute approximate surface area is 161 Å². The quantitative estimate of drug-likeness (QED) is 0.688. The van der Waals surface area contributed by atoms with Crippen molar-refractivity contribution in [2.24, 2.45) is 0 Å². The number of amides is 1. The first-order chi connectivity index (χ1) is 13.2. The minimum Gasteiger partial charge on any atom is -0.454 e. The Balaban J connectivity index is 1.43. The summed E-state index contributed by atoms with van der Waals surface area (Å²) in [6, 6.07) is 16.2. The highest BCUT2D eigenvalue weighted by molar-refractivity contribution is 6.33. The van der Waals surface area contributed by atoms with Gasteiger partial charge >= 0.3 is 0 Å². The van der Waals surface area contributed by atoms with E-state index in [1.807, 2.05) is 30.3 Å². The molecule has 1 aromatic heterocycles. The number of para-hydroxylation sites is 1. The number of nitrogens with zero attached hydrogens (tertiary/aromatic N) is 1. The van der Waals surface area contributed by atoms with Crippen molar-refractivity contribution in [3.8, 4) is 11.5 Å². The molecule has 3 aromatic rings. The van der Waals surface area contributed by atoms with E-state index < -0.39 is 0 Å². The van der Waals surface area contributed by atoms with Gasteiger partial charge in [0.25, 0.3) is 5.91 Å². The zero-order valence-electron chi connectivity index (χ0n) is 14.2. The highest BCUT2D eigenvalue weighted by Crippen LogP contribution is 2.32. The van der Waals surface area contributed by atoms with Crippen LogP contribution in [0.2, 0.25) is 5.02 Å². The van der Waals surface area contributed by atoms with Crippen molar-refractivity contribution in [1.29, 1.82) is 0 Å². The molecule has 6 nitrogen and oxygen atoms in total. The number of hydrogen-bond donors (Lipinski definition) is 2. The van der Waals surface area contributed by atoms with Crippen molar-refractivity contribution in [3.63, 3.8) is 0 Å². The van der Waals surface area contributed by atoms with Gasteiger partial charge in [-0.2, -0.15) is 0 Å². The Kier molecular flexibility index (Phi) is 4.80. The lowest BCUT2D eigenvalue weighted by Gasteiger charge is -2.09. The molecule has 1 aliphatic rings. The van der Waals surface area contributed by atoms with Crippen LogP contribution in [-0.4, -0.2) is 17.7 Å². The van der Waals surface area contributed by atoms with Crippen LogP contribution >= 0.6 is 11.6 Å². The molecule has 1 aliphatic heterocycles. The standard InChI is InChI=1S/C20H16ClN3O3/c21-15-3-1-2-4-16(15)24-20(25)14-7-8-22-19(10-14)23-11-13-5-6-17-18(9-13)27-12-26-17/h1-10H,11-12H2,(H,22,23)(H,24,25). The number of fused-ring (bicyclic) bond motifs is 1. The summed E-state index contributed by atoms with van der Waals surface area (Å²) in [6.45, 7) is 0.787. The molecule has 1 amide bonds. The molecule has 0 bridgehead atoms. The van der Waals surface area contributed by atoms with E-state index in [2.05, 4.69) is 15.6 Å². The van der Waals surface area contributed by atoms with Gasteiger partial charge in [-0.25, -0.2) is 4.98 Å². The van der Waals surface area contributed by atoms with Gasteiger partial charge in [0.05, 0.1) is 10.7 Å². The van der Waals surface area contributed by atoms with Crippen LogP contribution in [-0.2, 0) is 6.54 Å². The van der Waals surface area contributed by atoms with Crippen molar-refractivity contribution in [2.75, 3.05) is 17.4 Å². The van der Waals surface area contributed by atoms with Gasteiger partial charge in [-0.3, -0.25) is 4.79 Å². The molecular formula is C20H16ClN3O3. The lowest BCUT2D eigenvalue weighted by Crippen LogP contribution is -2.13. The number of hydrogen-bond acceptors (Lipinski definition) is 5. The highest BCUT2D eigenvalue weighted by Gasteiger charge is 2.13. The molecule has 0 fully saturated rings. The van der Waals surface area contributed by atoms with Gasteiger partial charge in [-0.05, 0) is 42.0 Å². The Morgan fingerprint density at radius 3 is 2.81 bits per heavy atom.